The van der Waals surface area contributed by atoms with Crippen molar-refractivity contribution in [2.24, 2.45) is 5.92 Å². The predicted molar refractivity (Wildman–Crippen MR) is 90.4 cm³/mol. The number of amides is 1. The normalized spacial score (nSPS) is 17.5. The van der Waals surface area contributed by atoms with Crippen molar-refractivity contribution in [3.05, 3.63) is 60.2 Å². The van der Waals surface area contributed by atoms with Crippen LogP contribution in [0, 0.1) is 5.92 Å². The Balaban J connectivity index is 1.50. The Kier molecular flexibility index (Phi) is 5.27. The van der Waals surface area contributed by atoms with Crippen LogP contribution in [0.5, 0.6) is 11.5 Å². The lowest BCUT2D eigenvalue weighted by atomic mass is 9.99. The van der Waals surface area contributed by atoms with Gasteiger partial charge in [0.05, 0.1) is 5.92 Å². The summed E-state index contributed by atoms with van der Waals surface area (Å²) in [6, 6.07) is 17.5. The van der Waals surface area contributed by atoms with Gasteiger partial charge in [0.2, 0.25) is 5.91 Å². The molecule has 0 saturated carbocycles. The van der Waals surface area contributed by atoms with Crippen LogP contribution in [0.1, 0.15) is 18.4 Å². The molecule has 1 unspecified atom stereocenters. The molecule has 0 radical (unpaired) electrons. The van der Waals surface area contributed by atoms with Crippen molar-refractivity contribution >= 4 is 5.91 Å². The van der Waals surface area contributed by atoms with Crippen molar-refractivity contribution in [2.75, 3.05) is 13.1 Å². The first-order chi connectivity index (χ1) is 11.3. The summed E-state index contributed by atoms with van der Waals surface area (Å²) < 4.78 is 5.76. The second-order valence-corrected chi connectivity index (χ2v) is 5.82. The molecule has 1 saturated heterocycles. The van der Waals surface area contributed by atoms with E-state index in [4.69, 9.17) is 4.74 Å². The third kappa shape index (κ3) is 4.57. The second kappa shape index (κ2) is 7.79. The van der Waals surface area contributed by atoms with E-state index in [9.17, 15) is 4.79 Å². The Morgan fingerprint density at radius 3 is 2.52 bits per heavy atom. The molecule has 0 aromatic heterocycles. The van der Waals surface area contributed by atoms with Crippen molar-refractivity contribution in [2.45, 2.75) is 19.4 Å². The van der Waals surface area contributed by atoms with Crippen LogP contribution in [0.4, 0.5) is 0 Å². The van der Waals surface area contributed by atoms with Crippen molar-refractivity contribution in [1.29, 1.82) is 0 Å². The van der Waals surface area contributed by atoms with Crippen LogP contribution in [0.2, 0.25) is 0 Å². The number of hydrogen-bond donors (Lipinski definition) is 2. The number of ether oxygens (including phenoxy) is 1. The van der Waals surface area contributed by atoms with Gasteiger partial charge in [-0.25, -0.2) is 0 Å². The molecule has 120 valence electrons. The van der Waals surface area contributed by atoms with E-state index in [-0.39, 0.29) is 11.8 Å². The lowest BCUT2D eigenvalue weighted by molar-refractivity contribution is -0.125. The van der Waals surface area contributed by atoms with Gasteiger partial charge in [0, 0.05) is 13.1 Å². The summed E-state index contributed by atoms with van der Waals surface area (Å²) in [7, 11) is 0. The minimum Gasteiger partial charge on any atom is -0.457 e. The van der Waals surface area contributed by atoms with E-state index >= 15 is 0 Å². The number of piperidine rings is 1. The minimum atomic E-state index is 0.101. The zero-order chi connectivity index (χ0) is 15.9. The fourth-order valence-corrected chi connectivity index (χ4v) is 2.71. The molecule has 1 heterocycles. The van der Waals surface area contributed by atoms with Crippen molar-refractivity contribution < 1.29 is 9.53 Å². The van der Waals surface area contributed by atoms with Crippen LogP contribution < -0.4 is 15.4 Å². The number of hydrogen-bond acceptors (Lipinski definition) is 3. The monoisotopic (exact) mass is 310 g/mol. The van der Waals surface area contributed by atoms with Gasteiger partial charge in [-0.2, -0.15) is 0 Å². The number of rotatable bonds is 5. The van der Waals surface area contributed by atoms with E-state index < -0.39 is 0 Å². The molecule has 1 fully saturated rings. The molecule has 0 spiro atoms. The van der Waals surface area contributed by atoms with Crippen molar-refractivity contribution in [1.82, 2.24) is 10.6 Å². The maximum absolute atomic E-state index is 12.1. The first-order valence-electron chi connectivity index (χ1n) is 8.11. The van der Waals surface area contributed by atoms with Gasteiger partial charge in [-0.05, 0) is 49.2 Å². The van der Waals surface area contributed by atoms with Gasteiger partial charge >= 0.3 is 0 Å². The van der Waals surface area contributed by atoms with Gasteiger partial charge < -0.3 is 15.4 Å². The van der Waals surface area contributed by atoms with Crippen molar-refractivity contribution in [3.8, 4) is 11.5 Å². The first-order valence-corrected chi connectivity index (χ1v) is 8.11. The van der Waals surface area contributed by atoms with Gasteiger partial charge in [-0.15, -0.1) is 0 Å². The van der Waals surface area contributed by atoms with E-state index in [1.54, 1.807) is 0 Å². The highest BCUT2D eigenvalue weighted by atomic mass is 16.5. The SMILES string of the molecule is O=C(NCc1ccc(Oc2ccccc2)cc1)C1CCCNC1. The summed E-state index contributed by atoms with van der Waals surface area (Å²) in [6.07, 6.45) is 2.05. The van der Waals surface area contributed by atoms with Gasteiger partial charge in [0.15, 0.2) is 0 Å². The van der Waals surface area contributed by atoms with Crippen LogP contribution >= 0.6 is 0 Å². The van der Waals surface area contributed by atoms with Crippen LogP contribution in [0.15, 0.2) is 54.6 Å². The summed E-state index contributed by atoms with van der Waals surface area (Å²) in [5.41, 5.74) is 1.07. The molecule has 23 heavy (non-hydrogen) atoms. The molecule has 1 amide bonds. The van der Waals surface area contributed by atoms with E-state index in [1.807, 2.05) is 54.6 Å². The quantitative estimate of drug-likeness (QED) is 0.892. The highest BCUT2D eigenvalue weighted by Gasteiger charge is 2.20. The fourth-order valence-electron chi connectivity index (χ4n) is 2.71. The summed E-state index contributed by atoms with van der Waals surface area (Å²) in [4.78, 5) is 12.1. The van der Waals surface area contributed by atoms with Crippen molar-refractivity contribution in [3.63, 3.8) is 0 Å². The molecular weight excluding hydrogens is 288 g/mol. The highest BCUT2D eigenvalue weighted by Crippen LogP contribution is 2.21. The molecular formula is C19H22N2O2. The van der Waals surface area contributed by atoms with Gasteiger partial charge in [0.1, 0.15) is 11.5 Å². The van der Waals surface area contributed by atoms with Gasteiger partial charge in [0.25, 0.3) is 0 Å². The molecule has 1 atom stereocenters. The van der Waals surface area contributed by atoms with E-state index in [0.717, 1.165) is 43.0 Å². The lowest BCUT2D eigenvalue weighted by Crippen LogP contribution is -2.40. The molecule has 4 nitrogen and oxygen atoms in total. The number of benzene rings is 2. The number of carbonyl (C=O) groups excluding carboxylic acids is 1. The number of para-hydroxylation sites is 1. The standard InChI is InChI=1S/C19H22N2O2/c22-19(16-5-4-12-20-14-16)21-13-15-8-10-18(11-9-15)23-17-6-2-1-3-7-17/h1-3,6-11,16,20H,4-5,12-14H2,(H,21,22). The molecule has 2 aromatic rings. The Labute approximate surface area is 136 Å². The van der Waals surface area contributed by atoms with E-state index in [2.05, 4.69) is 10.6 Å². The summed E-state index contributed by atoms with van der Waals surface area (Å²) in [5.74, 6) is 1.85. The zero-order valence-electron chi connectivity index (χ0n) is 13.1. The second-order valence-electron chi connectivity index (χ2n) is 5.82. The molecule has 2 aromatic carbocycles. The highest BCUT2D eigenvalue weighted by molar-refractivity contribution is 5.78. The molecule has 3 rings (SSSR count). The lowest BCUT2D eigenvalue weighted by Gasteiger charge is -2.21. The molecule has 1 aliphatic heterocycles. The number of carbonyl (C=O) groups is 1. The Bertz CT molecular complexity index is 620. The van der Waals surface area contributed by atoms with Crippen LogP contribution in [-0.2, 0) is 11.3 Å². The average Bonchev–Trinajstić information content (AvgIpc) is 2.62. The summed E-state index contributed by atoms with van der Waals surface area (Å²) in [6.45, 7) is 2.36. The molecule has 1 aliphatic rings. The van der Waals surface area contributed by atoms with E-state index in [1.165, 1.54) is 0 Å². The largest absolute Gasteiger partial charge is 0.457 e. The third-order valence-corrected chi connectivity index (χ3v) is 4.04. The Morgan fingerprint density at radius 1 is 1.09 bits per heavy atom. The molecule has 2 N–H and O–H groups in total. The van der Waals surface area contributed by atoms with Gasteiger partial charge in [-0.1, -0.05) is 30.3 Å². The smallest absolute Gasteiger partial charge is 0.224 e. The topological polar surface area (TPSA) is 50.4 Å². The van der Waals surface area contributed by atoms with E-state index in [0.29, 0.717) is 6.54 Å². The zero-order valence-corrected chi connectivity index (χ0v) is 13.1. The Hall–Kier alpha value is -2.33. The third-order valence-electron chi connectivity index (χ3n) is 4.04. The predicted octanol–water partition coefficient (Wildman–Crippen LogP) is 3.09. The molecule has 4 heteroatoms. The first kappa shape index (κ1) is 15.6. The maximum atomic E-state index is 12.1. The minimum absolute atomic E-state index is 0.101. The average molecular weight is 310 g/mol. The number of nitrogens with one attached hydrogen (secondary N) is 2. The van der Waals surface area contributed by atoms with Crippen LogP contribution in [0.3, 0.4) is 0 Å². The summed E-state index contributed by atoms with van der Waals surface area (Å²) >= 11 is 0. The fraction of sp³-hybridized carbons (Fsp3) is 0.316. The molecule has 0 bridgehead atoms. The maximum Gasteiger partial charge on any atom is 0.224 e. The van der Waals surface area contributed by atoms with Crippen LogP contribution in [0.25, 0.3) is 0 Å². The molecule has 0 aliphatic carbocycles. The van der Waals surface area contributed by atoms with Gasteiger partial charge in [-0.3, -0.25) is 4.79 Å². The summed E-state index contributed by atoms with van der Waals surface area (Å²) in [5, 5.41) is 6.29. The Morgan fingerprint density at radius 2 is 1.83 bits per heavy atom. The van der Waals surface area contributed by atoms with Crippen LogP contribution in [-0.4, -0.2) is 19.0 Å².